The zero-order valence-corrected chi connectivity index (χ0v) is 12.0. The van der Waals surface area contributed by atoms with Crippen LogP contribution in [0.3, 0.4) is 0 Å². The fraction of sp³-hybridized carbons (Fsp3) is 0.429. The summed E-state index contributed by atoms with van der Waals surface area (Å²) in [5, 5.41) is 11.8. The molecule has 5 nitrogen and oxygen atoms in total. The summed E-state index contributed by atoms with van der Waals surface area (Å²) in [6, 6.07) is 7.57. The smallest absolute Gasteiger partial charge is 0.238 e. The highest BCUT2D eigenvalue weighted by atomic mass is 32.1. The Kier molecular flexibility index (Phi) is 5.05. The van der Waals surface area contributed by atoms with Gasteiger partial charge in [0.05, 0.1) is 13.2 Å². The zero-order valence-electron chi connectivity index (χ0n) is 11.2. The predicted molar refractivity (Wildman–Crippen MR) is 82.6 cm³/mol. The Bertz CT molecular complexity index is 486. The fourth-order valence-corrected chi connectivity index (χ4v) is 2.20. The Labute approximate surface area is 123 Å². The molecular weight excluding hydrogens is 274 g/mol. The third-order valence-electron chi connectivity index (χ3n) is 3.25. The summed E-state index contributed by atoms with van der Waals surface area (Å²) in [5.74, 6) is -0.0755. The molecule has 1 aromatic rings. The third kappa shape index (κ3) is 4.26. The number of nitrogens with zero attached hydrogens (tertiary/aromatic N) is 1. The summed E-state index contributed by atoms with van der Waals surface area (Å²) in [6.45, 7) is 0.924. The van der Waals surface area contributed by atoms with E-state index in [2.05, 4.69) is 5.32 Å². The van der Waals surface area contributed by atoms with Crippen molar-refractivity contribution in [1.29, 1.82) is 0 Å². The number of anilines is 1. The van der Waals surface area contributed by atoms with Crippen molar-refractivity contribution in [2.45, 2.75) is 18.9 Å². The van der Waals surface area contributed by atoms with Crippen molar-refractivity contribution in [3.05, 3.63) is 29.8 Å². The number of hydrogen-bond acceptors (Lipinski definition) is 4. The maximum absolute atomic E-state index is 12.0. The van der Waals surface area contributed by atoms with E-state index in [-0.39, 0.29) is 12.5 Å². The molecule has 1 aromatic carbocycles. The van der Waals surface area contributed by atoms with E-state index in [1.165, 1.54) is 0 Å². The molecule has 1 amide bonds. The van der Waals surface area contributed by atoms with E-state index in [1.54, 1.807) is 24.3 Å². The molecule has 108 valence electrons. The van der Waals surface area contributed by atoms with Gasteiger partial charge in [-0.05, 0) is 37.1 Å². The highest BCUT2D eigenvalue weighted by molar-refractivity contribution is 7.80. The maximum Gasteiger partial charge on any atom is 0.238 e. The molecule has 4 N–H and O–H groups in total. The lowest BCUT2D eigenvalue weighted by Gasteiger charge is -2.20. The van der Waals surface area contributed by atoms with E-state index in [0.717, 1.165) is 24.1 Å². The number of amides is 1. The Morgan fingerprint density at radius 1 is 1.40 bits per heavy atom. The molecule has 0 bridgehead atoms. The van der Waals surface area contributed by atoms with Gasteiger partial charge in [-0.3, -0.25) is 9.69 Å². The van der Waals surface area contributed by atoms with Crippen LogP contribution in [-0.4, -0.2) is 46.6 Å². The van der Waals surface area contributed by atoms with Gasteiger partial charge in [-0.25, -0.2) is 0 Å². The molecule has 2 rings (SSSR count). The van der Waals surface area contributed by atoms with E-state index >= 15 is 0 Å². The lowest BCUT2D eigenvalue weighted by atomic mass is 10.2. The Hall–Kier alpha value is -1.50. The Balaban J connectivity index is 1.88. The number of benzene rings is 1. The van der Waals surface area contributed by atoms with Crippen LogP contribution < -0.4 is 11.1 Å². The van der Waals surface area contributed by atoms with Crippen molar-refractivity contribution in [2.24, 2.45) is 5.73 Å². The van der Waals surface area contributed by atoms with E-state index in [0.29, 0.717) is 24.1 Å². The molecule has 0 spiro atoms. The largest absolute Gasteiger partial charge is 0.395 e. The lowest BCUT2D eigenvalue weighted by Crippen LogP contribution is -2.36. The Morgan fingerprint density at radius 3 is 2.55 bits per heavy atom. The van der Waals surface area contributed by atoms with Gasteiger partial charge < -0.3 is 16.2 Å². The number of carbonyl (C=O) groups excluding carboxylic acids is 1. The standard InChI is InChI=1S/C14H19N3O2S/c15-14(20)10-1-3-11(4-2-10)16-13(19)9-17(7-8-18)12-5-6-12/h1-4,12,18H,5-9H2,(H2,15,20)(H,16,19). The summed E-state index contributed by atoms with van der Waals surface area (Å²) >= 11 is 4.87. The molecule has 0 heterocycles. The molecule has 0 atom stereocenters. The molecule has 6 heteroatoms. The average molecular weight is 293 g/mol. The van der Waals surface area contributed by atoms with Crippen molar-refractivity contribution in [1.82, 2.24) is 4.90 Å². The van der Waals surface area contributed by atoms with Crippen molar-refractivity contribution in [2.75, 3.05) is 25.0 Å². The highest BCUT2D eigenvalue weighted by Crippen LogP contribution is 2.26. The SMILES string of the molecule is NC(=S)c1ccc(NC(=O)CN(CCO)C2CC2)cc1. The Morgan fingerprint density at radius 2 is 2.05 bits per heavy atom. The second-order valence-corrected chi connectivity index (χ2v) is 5.35. The molecule has 0 aliphatic heterocycles. The van der Waals surface area contributed by atoms with Crippen molar-refractivity contribution >= 4 is 28.8 Å². The van der Waals surface area contributed by atoms with Gasteiger partial charge in [0.25, 0.3) is 0 Å². The first kappa shape index (κ1) is 14.9. The van der Waals surface area contributed by atoms with Crippen LogP contribution in [0, 0.1) is 0 Å². The fourth-order valence-electron chi connectivity index (χ4n) is 2.06. The van der Waals surface area contributed by atoms with E-state index < -0.39 is 0 Å². The van der Waals surface area contributed by atoms with Crippen LogP contribution in [0.15, 0.2) is 24.3 Å². The zero-order chi connectivity index (χ0) is 14.5. The highest BCUT2D eigenvalue weighted by Gasteiger charge is 2.29. The van der Waals surface area contributed by atoms with Gasteiger partial charge in [-0.1, -0.05) is 12.2 Å². The van der Waals surface area contributed by atoms with Crippen LogP contribution in [0.4, 0.5) is 5.69 Å². The number of rotatable bonds is 7. The first-order valence-electron chi connectivity index (χ1n) is 6.65. The molecule has 0 aromatic heterocycles. The molecule has 0 radical (unpaired) electrons. The monoisotopic (exact) mass is 293 g/mol. The normalized spacial score (nSPS) is 14.3. The minimum atomic E-state index is -0.0755. The number of aliphatic hydroxyl groups is 1. The second-order valence-electron chi connectivity index (χ2n) is 4.92. The average Bonchev–Trinajstić information content (AvgIpc) is 3.23. The number of nitrogens with one attached hydrogen (secondary N) is 1. The summed E-state index contributed by atoms with van der Waals surface area (Å²) in [6.07, 6.45) is 2.21. The van der Waals surface area contributed by atoms with Crippen LogP contribution in [0.5, 0.6) is 0 Å². The topological polar surface area (TPSA) is 78.6 Å². The summed E-state index contributed by atoms with van der Waals surface area (Å²) in [5.41, 5.74) is 7.01. The molecule has 1 aliphatic carbocycles. The number of nitrogens with two attached hydrogens (primary N) is 1. The minimum Gasteiger partial charge on any atom is -0.395 e. The first-order valence-corrected chi connectivity index (χ1v) is 7.05. The summed E-state index contributed by atoms with van der Waals surface area (Å²) in [4.78, 5) is 14.3. The molecule has 1 saturated carbocycles. The van der Waals surface area contributed by atoms with Gasteiger partial charge in [0, 0.05) is 23.8 Å². The first-order chi connectivity index (χ1) is 9.60. The van der Waals surface area contributed by atoms with Crippen molar-refractivity contribution in [3.8, 4) is 0 Å². The summed E-state index contributed by atoms with van der Waals surface area (Å²) in [7, 11) is 0. The molecule has 1 fully saturated rings. The quantitative estimate of drug-likeness (QED) is 0.646. The van der Waals surface area contributed by atoms with Crippen molar-refractivity contribution < 1.29 is 9.90 Å². The lowest BCUT2D eigenvalue weighted by molar-refractivity contribution is -0.117. The van der Waals surface area contributed by atoms with Gasteiger partial charge in [-0.15, -0.1) is 0 Å². The summed E-state index contributed by atoms with van der Waals surface area (Å²) < 4.78 is 0. The van der Waals surface area contributed by atoms with E-state index in [1.807, 2.05) is 4.90 Å². The minimum absolute atomic E-state index is 0.0755. The molecule has 0 saturated heterocycles. The van der Waals surface area contributed by atoms with Crippen LogP contribution in [0.2, 0.25) is 0 Å². The molecule has 20 heavy (non-hydrogen) atoms. The number of carbonyl (C=O) groups is 1. The number of hydrogen-bond donors (Lipinski definition) is 3. The number of thiocarbonyl (C=S) groups is 1. The predicted octanol–water partition coefficient (Wildman–Crippen LogP) is 0.716. The van der Waals surface area contributed by atoms with Gasteiger partial charge in [-0.2, -0.15) is 0 Å². The molecular formula is C14H19N3O2S. The van der Waals surface area contributed by atoms with Gasteiger partial charge in [0.2, 0.25) is 5.91 Å². The van der Waals surface area contributed by atoms with E-state index in [9.17, 15) is 4.79 Å². The second kappa shape index (κ2) is 6.78. The molecule has 1 aliphatic rings. The van der Waals surface area contributed by atoms with Crippen LogP contribution in [-0.2, 0) is 4.79 Å². The van der Waals surface area contributed by atoms with Gasteiger partial charge in [0.15, 0.2) is 0 Å². The van der Waals surface area contributed by atoms with Crippen molar-refractivity contribution in [3.63, 3.8) is 0 Å². The number of aliphatic hydroxyl groups excluding tert-OH is 1. The van der Waals surface area contributed by atoms with Crippen LogP contribution in [0.1, 0.15) is 18.4 Å². The van der Waals surface area contributed by atoms with E-state index in [4.69, 9.17) is 23.1 Å². The van der Waals surface area contributed by atoms with Crippen LogP contribution >= 0.6 is 12.2 Å². The van der Waals surface area contributed by atoms with Gasteiger partial charge in [0.1, 0.15) is 4.99 Å². The third-order valence-corrected chi connectivity index (χ3v) is 3.49. The van der Waals surface area contributed by atoms with Gasteiger partial charge >= 0.3 is 0 Å². The van der Waals surface area contributed by atoms with Crippen LogP contribution in [0.25, 0.3) is 0 Å². The molecule has 0 unspecified atom stereocenters. The maximum atomic E-state index is 12.0.